The van der Waals surface area contributed by atoms with Gasteiger partial charge in [0.05, 0.1) is 5.57 Å². The van der Waals surface area contributed by atoms with Gasteiger partial charge in [-0.1, -0.05) is 19.2 Å². The first-order valence-electron chi connectivity index (χ1n) is 3.19. The van der Waals surface area contributed by atoms with E-state index in [1.807, 2.05) is 0 Å². The summed E-state index contributed by atoms with van der Waals surface area (Å²) in [4.78, 5) is 11.0. The van der Waals surface area contributed by atoms with Crippen LogP contribution in [0.4, 0.5) is 0 Å². The zero-order valence-corrected chi connectivity index (χ0v) is 6.09. The molecule has 0 bridgehead atoms. The molecule has 1 rings (SSSR count). The van der Waals surface area contributed by atoms with Crippen molar-refractivity contribution in [1.29, 1.82) is 0 Å². The minimum atomic E-state index is -0.166. The summed E-state index contributed by atoms with van der Waals surface area (Å²) in [5, 5.41) is 2.51. The minimum absolute atomic E-state index is 0.166. The lowest BCUT2D eigenvalue weighted by Crippen LogP contribution is -2.32. The lowest BCUT2D eigenvalue weighted by molar-refractivity contribution is -0.119. The van der Waals surface area contributed by atoms with E-state index in [0.717, 1.165) is 0 Å². The number of hydrogen-bond donors (Lipinski definition) is 1. The van der Waals surface area contributed by atoms with Crippen molar-refractivity contribution < 1.29 is 9.53 Å². The van der Waals surface area contributed by atoms with Crippen molar-refractivity contribution in [3.05, 3.63) is 36.6 Å². The van der Waals surface area contributed by atoms with Crippen molar-refractivity contribution in [1.82, 2.24) is 5.32 Å². The molecular formula is C8H9NO2. The van der Waals surface area contributed by atoms with E-state index in [1.165, 1.54) is 12.2 Å². The number of carbonyl (C=O) groups is 1. The van der Waals surface area contributed by atoms with Crippen LogP contribution in [0, 0.1) is 0 Å². The van der Waals surface area contributed by atoms with E-state index < -0.39 is 0 Å². The fourth-order valence-electron chi connectivity index (χ4n) is 0.826. The molecule has 0 aromatic rings. The fourth-order valence-corrected chi connectivity index (χ4v) is 0.826. The number of nitrogens with one attached hydrogen (secondary N) is 1. The lowest BCUT2D eigenvalue weighted by atomic mass is 10.2. The fraction of sp³-hybridized carbons (Fsp3) is 0.125. The largest absolute Gasteiger partial charge is 0.472 e. The first-order chi connectivity index (χ1) is 5.29. The molecule has 58 valence electrons. The molecule has 0 fully saturated rings. The molecule has 0 spiro atoms. The van der Waals surface area contributed by atoms with Gasteiger partial charge in [0.15, 0.2) is 6.73 Å². The predicted octanol–water partition coefficient (Wildman–Crippen LogP) is 0.716. The Morgan fingerprint density at radius 1 is 1.45 bits per heavy atom. The summed E-state index contributed by atoms with van der Waals surface area (Å²) in [5.41, 5.74) is 0.436. The smallest absolute Gasteiger partial charge is 0.257 e. The first-order valence-corrected chi connectivity index (χ1v) is 3.19. The van der Waals surface area contributed by atoms with Gasteiger partial charge in [0.1, 0.15) is 5.76 Å². The predicted molar refractivity (Wildman–Crippen MR) is 41.5 cm³/mol. The highest BCUT2D eigenvalue weighted by Crippen LogP contribution is 2.11. The average Bonchev–Trinajstić information content (AvgIpc) is 2.04. The Hall–Kier alpha value is -1.51. The Morgan fingerprint density at radius 3 is 2.64 bits per heavy atom. The molecule has 0 unspecified atom stereocenters. The van der Waals surface area contributed by atoms with Gasteiger partial charge in [-0.2, -0.15) is 0 Å². The molecule has 0 aromatic heterocycles. The van der Waals surface area contributed by atoms with Gasteiger partial charge in [-0.25, -0.2) is 0 Å². The molecular weight excluding hydrogens is 142 g/mol. The number of hydrogen-bond acceptors (Lipinski definition) is 2. The van der Waals surface area contributed by atoms with Crippen LogP contribution in [-0.4, -0.2) is 12.6 Å². The maximum atomic E-state index is 11.0. The van der Waals surface area contributed by atoms with Crippen LogP contribution < -0.4 is 5.32 Å². The maximum absolute atomic E-state index is 11.0. The summed E-state index contributed by atoms with van der Waals surface area (Å²) in [5.74, 6) is 0.324. The second kappa shape index (κ2) is 3.05. The van der Waals surface area contributed by atoms with Gasteiger partial charge in [-0.05, 0) is 6.08 Å². The van der Waals surface area contributed by atoms with Crippen molar-refractivity contribution in [2.24, 2.45) is 0 Å². The normalized spacial score (nSPS) is 16.9. The third-order valence-corrected chi connectivity index (χ3v) is 1.36. The Kier molecular flexibility index (Phi) is 2.11. The van der Waals surface area contributed by atoms with Gasteiger partial charge in [0, 0.05) is 0 Å². The van der Waals surface area contributed by atoms with E-state index in [9.17, 15) is 4.79 Å². The Labute approximate surface area is 65.0 Å². The van der Waals surface area contributed by atoms with E-state index in [-0.39, 0.29) is 12.6 Å². The maximum Gasteiger partial charge on any atom is 0.257 e. The van der Waals surface area contributed by atoms with Crippen LogP contribution in [0.5, 0.6) is 0 Å². The van der Waals surface area contributed by atoms with Crippen LogP contribution in [0.2, 0.25) is 0 Å². The van der Waals surface area contributed by atoms with Crippen LogP contribution in [0.15, 0.2) is 36.6 Å². The van der Waals surface area contributed by atoms with E-state index in [1.54, 1.807) is 0 Å². The van der Waals surface area contributed by atoms with Crippen LogP contribution >= 0.6 is 0 Å². The Balaban J connectivity index is 3.04. The van der Waals surface area contributed by atoms with Crippen LogP contribution in [-0.2, 0) is 9.53 Å². The summed E-state index contributed by atoms with van der Waals surface area (Å²) in [6, 6.07) is 0. The average molecular weight is 151 g/mol. The van der Waals surface area contributed by atoms with Gasteiger partial charge < -0.3 is 10.1 Å². The van der Waals surface area contributed by atoms with Gasteiger partial charge in [0.2, 0.25) is 0 Å². The second-order valence-electron chi connectivity index (χ2n) is 1.98. The molecule has 0 saturated carbocycles. The van der Waals surface area contributed by atoms with Crippen molar-refractivity contribution in [2.45, 2.75) is 0 Å². The van der Waals surface area contributed by atoms with Crippen LogP contribution in [0.25, 0.3) is 0 Å². The molecule has 0 atom stereocenters. The minimum Gasteiger partial charge on any atom is -0.472 e. The van der Waals surface area contributed by atoms with Gasteiger partial charge >= 0.3 is 0 Å². The van der Waals surface area contributed by atoms with Crippen molar-refractivity contribution in [3.8, 4) is 0 Å². The molecule has 0 aliphatic carbocycles. The molecule has 1 aliphatic heterocycles. The van der Waals surface area contributed by atoms with Gasteiger partial charge in [-0.15, -0.1) is 0 Å². The first kappa shape index (κ1) is 7.60. The summed E-state index contributed by atoms with van der Waals surface area (Å²) in [7, 11) is 0. The molecule has 0 aromatic carbocycles. The Morgan fingerprint density at radius 2 is 2.18 bits per heavy atom. The molecule has 11 heavy (non-hydrogen) atoms. The molecule has 0 saturated heterocycles. The number of allylic oxidation sites excluding steroid dienone is 1. The molecule has 1 N–H and O–H groups in total. The molecule has 1 aliphatic rings. The number of rotatable bonds is 2. The third-order valence-electron chi connectivity index (χ3n) is 1.36. The number of ether oxygens (including phenoxy) is 1. The van der Waals surface area contributed by atoms with Crippen molar-refractivity contribution in [3.63, 3.8) is 0 Å². The van der Waals surface area contributed by atoms with E-state index >= 15 is 0 Å². The highest BCUT2D eigenvalue weighted by atomic mass is 16.5. The molecule has 3 nitrogen and oxygen atoms in total. The molecule has 0 radical (unpaired) electrons. The van der Waals surface area contributed by atoms with Gasteiger partial charge in [0.25, 0.3) is 5.91 Å². The Bertz CT molecular complexity index is 240. The molecule has 1 heterocycles. The summed E-state index contributed by atoms with van der Waals surface area (Å²) >= 11 is 0. The summed E-state index contributed by atoms with van der Waals surface area (Å²) < 4.78 is 5.06. The zero-order valence-electron chi connectivity index (χ0n) is 6.09. The third kappa shape index (κ3) is 1.32. The van der Waals surface area contributed by atoms with E-state index in [2.05, 4.69) is 18.5 Å². The van der Waals surface area contributed by atoms with E-state index in [0.29, 0.717) is 11.3 Å². The highest BCUT2D eigenvalue weighted by Gasteiger charge is 2.15. The summed E-state index contributed by atoms with van der Waals surface area (Å²) in [6.45, 7) is 7.20. The monoisotopic (exact) mass is 151 g/mol. The van der Waals surface area contributed by atoms with Crippen LogP contribution in [0.1, 0.15) is 0 Å². The topological polar surface area (TPSA) is 38.3 Å². The molecule has 3 heteroatoms. The SMILES string of the molecule is C=CC1=C(C=C)C(=O)NCO1. The van der Waals surface area contributed by atoms with Crippen molar-refractivity contribution in [2.75, 3.05) is 6.73 Å². The van der Waals surface area contributed by atoms with Crippen LogP contribution in [0.3, 0.4) is 0 Å². The quantitative estimate of drug-likeness (QED) is 0.631. The number of carbonyl (C=O) groups excluding carboxylic acids is 1. The summed E-state index contributed by atoms with van der Waals surface area (Å²) in [6.07, 6.45) is 2.95. The number of amides is 1. The molecule has 1 amide bonds. The van der Waals surface area contributed by atoms with E-state index in [4.69, 9.17) is 4.74 Å². The van der Waals surface area contributed by atoms with Gasteiger partial charge in [-0.3, -0.25) is 4.79 Å². The standard InChI is InChI=1S/C8H9NO2/c1-3-6-7(4-2)11-5-9-8(6)10/h3-4H,1-2,5H2,(H,9,10). The lowest BCUT2D eigenvalue weighted by Gasteiger charge is -2.16. The van der Waals surface area contributed by atoms with Crippen molar-refractivity contribution >= 4 is 5.91 Å². The highest BCUT2D eigenvalue weighted by molar-refractivity contribution is 5.97. The zero-order chi connectivity index (χ0) is 8.27. The second-order valence-corrected chi connectivity index (χ2v) is 1.98.